The summed E-state index contributed by atoms with van der Waals surface area (Å²) in [4.78, 5) is 86.6. The highest BCUT2D eigenvalue weighted by atomic mass is 32.1. The Morgan fingerprint density at radius 3 is 1.37 bits per heavy atom. The monoisotopic (exact) mass is 722 g/mol. The summed E-state index contributed by atoms with van der Waals surface area (Å²) >= 11 is 5.34. The lowest BCUT2D eigenvalue weighted by Crippen LogP contribution is -2.69. The van der Waals surface area contributed by atoms with Crippen molar-refractivity contribution in [3.8, 4) is 0 Å². The summed E-state index contributed by atoms with van der Waals surface area (Å²) in [7, 11) is 3.24. The summed E-state index contributed by atoms with van der Waals surface area (Å²) in [6.07, 6.45) is -15.2. The predicted molar refractivity (Wildman–Crippen MR) is 163 cm³/mol. The molecule has 0 aromatic rings. The third-order valence-electron chi connectivity index (χ3n) is 6.60. The lowest BCUT2D eigenvalue weighted by atomic mass is 9.95. The van der Waals surface area contributed by atoms with Crippen LogP contribution in [0.25, 0.3) is 0 Å². The van der Waals surface area contributed by atoms with Gasteiger partial charge < -0.3 is 57.6 Å². The molecule has 0 amide bonds. The van der Waals surface area contributed by atoms with E-state index in [2.05, 4.69) is 5.32 Å². The van der Waals surface area contributed by atoms with Gasteiger partial charge in [0.15, 0.2) is 48.2 Å². The molecule has 0 radical (unpaired) electrons. The van der Waals surface area contributed by atoms with Gasteiger partial charge in [-0.1, -0.05) is 0 Å². The Morgan fingerprint density at radius 1 is 0.551 bits per heavy atom. The molecule has 2 aliphatic heterocycles. The first kappa shape index (κ1) is 41.0. The highest BCUT2D eigenvalue weighted by Gasteiger charge is 2.57. The molecule has 0 aromatic carbocycles. The number of esters is 7. The lowest BCUT2D eigenvalue weighted by Gasteiger charge is -2.49. The Kier molecular flexibility index (Phi) is 15.6. The molecule has 0 spiro atoms. The number of hydrogen-bond acceptors (Lipinski definition) is 18. The third kappa shape index (κ3) is 12.7. The molecule has 19 nitrogen and oxygen atoms in total. The number of nitrogens with one attached hydrogen (secondary N) is 1. The van der Waals surface area contributed by atoms with Crippen molar-refractivity contribution in [1.82, 2.24) is 10.2 Å². The average molecular weight is 723 g/mol. The van der Waals surface area contributed by atoms with E-state index in [1.807, 2.05) is 0 Å². The Morgan fingerprint density at radius 2 is 0.939 bits per heavy atom. The largest absolute Gasteiger partial charge is 0.463 e. The van der Waals surface area contributed by atoms with E-state index < -0.39 is 116 Å². The van der Waals surface area contributed by atoms with E-state index in [1.54, 1.807) is 14.1 Å². The topological polar surface area (TPSA) is 227 Å². The van der Waals surface area contributed by atoms with Gasteiger partial charge in [-0.15, -0.1) is 0 Å². The summed E-state index contributed by atoms with van der Waals surface area (Å²) in [5, 5.41) is 2.98. The van der Waals surface area contributed by atoms with Crippen LogP contribution in [-0.4, -0.2) is 140 Å². The number of ether oxygens (including phenoxy) is 10. The van der Waals surface area contributed by atoms with Crippen molar-refractivity contribution in [3.63, 3.8) is 0 Å². The molecule has 20 heteroatoms. The van der Waals surface area contributed by atoms with Crippen molar-refractivity contribution >= 4 is 59.1 Å². The SMILES string of the molecule is CC(=O)OC[C@H]1O[C@@H](O[C@H]2[C@H](OC(C)=O)[C@@H](OC(C)=O)[C@H](NC(=S)N(C)C)O[C@@H]2COC(C)=O)[C@H](OC(C)=O)[C@@H](OC(C)=O)[C@H]1OC(C)=O. The molecule has 0 saturated carbocycles. The van der Waals surface area contributed by atoms with Crippen LogP contribution in [0.1, 0.15) is 48.5 Å². The molecular weight excluding hydrogens is 680 g/mol. The molecule has 2 heterocycles. The van der Waals surface area contributed by atoms with Gasteiger partial charge in [-0.2, -0.15) is 0 Å². The maximum Gasteiger partial charge on any atom is 0.303 e. The molecule has 10 atom stereocenters. The average Bonchev–Trinajstić information content (AvgIpc) is 2.95. The van der Waals surface area contributed by atoms with Crippen molar-refractivity contribution in [1.29, 1.82) is 0 Å². The molecule has 0 aromatic heterocycles. The number of rotatable bonds is 12. The van der Waals surface area contributed by atoms with E-state index in [0.29, 0.717) is 0 Å². The standard InChI is InChI=1S/C29H42N2O17S/c1-12(32)39-10-19-22(23(42-15(4)35)25(44-17(6)37)27(46-19)30-29(49)31(8)9)48-28-26(45-18(7)38)24(43-16(5)36)21(41-14(3)34)20(47-28)11-40-13(2)33/h19-28H,10-11H2,1-9H3,(H,30,49)/t19-,20-,21+,22-,23+,24+,25-,26-,27-,28+/m1/s1. The molecule has 2 aliphatic rings. The molecule has 1 N–H and O–H groups in total. The van der Waals surface area contributed by atoms with Gasteiger partial charge in [0.25, 0.3) is 0 Å². The molecule has 2 saturated heterocycles. The van der Waals surface area contributed by atoms with Gasteiger partial charge in [0, 0.05) is 62.6 Å². The van der Waals surface area contributed by atoms with Crippen LogP contribution < -0.4 is 5.32 Å². The van der Waals surface area contributed by atoms with Crippen LogP contribution >= 0.6 is 12.2 Å². The van der Waals surface area contributed by atoms with E-state index in [1.165, 1.54) is 4.90 Å². The minimum Gasteiger partial charge on any atom is -0.463 e. The smallest absolute Gasteiger partial charge is 0.303 e. The van der Waals surface area contributed by atoms with Crippen LogP contribution in [-0.2, 0) is 80.9 Å². The van der Waals surface area contributed by atoms with Crippen molar-refractivity contribution in [3.05, 3.63) is 0 Å². The highest BCUT2D eigenvalue weighted by Crippen LogP contribution is 2.35. The predicted octanol–water partition coefficient (Wildman–Crippen LogP) is -0.958. The zero-order chi connectivity index (χ0) is 37.2. The lowest BCUT2D eigenvalue weighted by molar-refractivity contribution is -0.345. The first-order valence-corrected chi connectivity index (χ1v) is 15.3. The fourth-order valence-corrected chi connectivity index (χ4v) is 5.00. The molecule has 0 unspecified atom stereocenters. The van der Waals surface area contributed by atoms with Crippen molar-refractivity contribution in [2.24, 2.45) is 0 Å². The maximum absolute atomic E-state index is 12.5. The van der Waals surface area contributed by atoms with Gasteiger partial charge in [0.05, 0.1) is 0 Å². The fourth-order valence-electron chi connectivity index (χ4n) is 4.88. The minimum atomic E-state index is -1.78. The van der Waals surface area contributed by atoms with Gasteiger partial charge in [-0.25, -0.2) is 0 Å². The fraction of sp³-hybridized carbons (Fsp3) is 0.724. The van der Waals surface area contributed by atoms with Crippen LogP contribution in [0.2, 0.25) is 0 Å². The maximum atomic E-state index is 12.5. The van der Waals surface area contributed by atoms with Crippen molar-refractivity contribution in [2.75, 3.05) is 27.3 Å². The van der Waals surface area contributed by atoms with Crippen LogP contribution in [0, 0.1) is 0 Å². The van der Waals surface area contributed by atoms with Crippen LogP contribution in [0.3, 0.4) is 0 Å². The third-order valence-corrected chi connectivity index (χ3v) is 7.08. The Labute approximate surface area is 287 Å². The first-order valence-electron chi connectivity index (χ1n) is 14.9. The van der Waals surface area contributed by atoms with Gasteiger partial charge in [0.2, 0.25) is 0 Å². The normalized spacial score (nSPS) is 29.2. The summed E-state index contributed by atoms with van der Waals surface area (Å²) < 4.78 is 56.2. The van der Waals surface area contributed by atoms with Crippen molar-refractivity contribution < 1.29 is 80.9 Å². The van der Waals surface area contributed by atoms with Gasteiger partial charge in [0.1, 0.15) is 31.5 Å². The van der Waals surface area contributed by atoms with E-state index in [9.17, 15) is 33.6 Å². The quantitative estimate of drug-likeness (QED) is 0.145. The Bertz CT molecular complexity index is 1260. The summed E-state index contributed by atoms with van der Waals surface area (Å²) in [6, 6.07) is 0. The van der Waals surface area contributed by atoms with Crippen LogP contribution in [0.5, 0.6) is 0 Å². The Hall–Kier alpha value is -4.14. The number of nitrogens with zero attached hydrogens (tertiary/aromatic N) is 1. The van der Waals surface area contributed by atoms with Crippen LogP contribution in [0.15, 0.2) is 0 Å². The summed E-state index contributed by atoms with van der Waals surface area (Å²) in [5.74, 6) is -5.81. The molecule has 2 fully saturated rings. The second-order valence-electron chi connectivity index (χ2n) is 11.1. The first-order chi connectivity index (χ1) is 22.8. The van der Waals surface area contributed by atoms with Gasteiger partial charge >= 0.3 is 41.8 Å². The van der Waals surface area contributed by atoms with Gasteiger partial charge in [-0.05, 0) is 12.2 Å². The van der Waals surface area contributed by atoms with E-state index in [4.69, 9.17) is 59.6 Å². The number of carbonyl (C=O) groups excluding carboxylic acids is 7. The van der Waals surface area contributed by atoms with E-state index >= 15 is 0 Å². The molecule has 276 valence electrons. The molecule has 2 rings (SSSR count). The number of hydrogen-bond donors (Lipinski definition) is 1. The second kappa shape index (κ2) is 18.6. The number of carbonyl (C=O) groups is 7. The number of thiocarbonyl (C=S) groups is 1. The van der Waals surface area contributed by atoms with Crippen LogP contribution in [0.4, 0.5) is 0 Å². The molecule has 0 aliphatic carbocycles. The van der Waals surface area contributed by atoms with Gasteiger partial charge in [-0.3, -0.25) is 33.6 Å². The van der Waals surface area contributed by atoms with E-state index in [-0.39, 0.29) is 5.11 Å². The summed E-state index contributed by atoms with van der Waals surface area (Å²) in [5.41, 5.74) is 0. The second-order valence-corrected chi connectivity index (χ2v) is 11.4. The molecular formula is C29H42N2O17S. The van der Waals surface area contributed by atoms with Crippen molar-refractivity contribution in [2.45, 2.75) is 110 Å². The zero-order valence-corrected chi connectivity index (χ0v) is 29.3. The Balaban J connectivity index is 2.75. The molecule has 49 heavy (non-hydrogen) atoms. The summed E-state index contributed by atoms with van der Waals surface area (Å²) in [6.45, 7) is 6.43. The van der Waals surface area contributed by atoms with E-state index in [0.717, 1.165) is 48.5 Å². The minimum absolute atomic E-state index is 0.119. The molecule has 0 bridgehead atoms. The highest BCUT2D eigenvalue weighted by molar-refractivity contribution is 7.80. The zero-order valence-electron chi connectivity index (χ0n) is 28.5.